The minimum absolute atomic E-state index is 0.0349. The number of carbonyl (C=O) groups excluding carboxylic acids is 2. The lowest BCUT2D eigenvalue weighted by atomic mass is 9.94. The van der Waals surface area contributed by atoms with Crippen molar-refractivity contribution in [1.82, 2.24) is 4.90 Å². The molecule has 2 aromatic carbocycles. The largest absolute Gasteiger partial charge is 0.507 e. The van der Waals surface area contributed by atoms with E-state index >= 15 is 0 Å². The molecule has 0 bridgehead atoms. The van der Waals surface area contributed by atoms with Gasteiger partial charge in [0.05, 0.1) is 38.0 Å². The second-order valence-corrected chi connectivity index (χ2v) is 9.99. The number of ketones is 1. The van der Waals surface area contributed by atoms with E-state index < -0.39 is 17.7 Å². The van der Waals surface area contributed by atoms with Gasteiger partial charge in [0.25, 0.3) is 11.7 Å². The van der Waals surface area contributed by atoms with E-state index in [9.17, 15) is 14.7 Å². The van der Waals surface area contributed by atoms with Crippen LogP contribution in [0.15, 0.2) is 48.0 Å². The van der Waals surface area contributed by atoms with Crippen molar-refractivity contribution < 1.29 is 33.6 Å². The molecule has 0 aliphatic carbocycles. The summed E-state index contributed by atoms with van der Waals surface area (Å²) in [6, 6.07) is 11.4. The molecule has 2 atom stereocenters. The van der Waals surface area contributed by atoms with Crippen LogP contribution >= 0.6 is 0 Å². The Bertz CT molecular complexity index is 1170. The summed E-state index contributed by atoms with van der Waals surface area (Å²) >= 11 is 0. The molecule has 38 heavy (non-hydrogen) atoms. The number of nitrogens with zero attached hydrogens (tertiary/aromatic N) is 1. The van der Waals surface area contributed by atoms with Crippen molar-refractivity contribution in [3.05, 3.63) is 59.2 Å². The second-order valence-electron chi connectivity index (χ2n) is 9.99. The van der Waals surface area contributed by atoms with Gasteiger partial charge in [-0.25, -0.2) is 0 Å². The first-order chi connectivity index (χ1) is 18.3. The van der Waals surface area contributed by atoms with E-state index in [1.54, 1.807) is 43.5 Å². The number of hydrogen-bond acceptors (Lipinski definition) is 7. The summed E-state index contributed by atoms with van der Waals surface area (Å²) in [5.74, 6) is 0.611. The van der Waals surface area contributed by atoms with Crippen LogP contribution in [0.5, 0.6) is 17.2 Å². The molecule has 1 amide bonds. The van der Waals surface area contributed by atoms with E-state index in [0.29, 0.717) is 54.1 Å². The van der Waals surface area contributed by atoms with Gasteiger partial charge in [-0.2, -0.15) is 0 Å². The standard InChI is InChI=1S/C30H37NO7/c1-5-36-22-11-8-20(9-12-22)28(32)26-27(31(30(34)29(26)33)18-23-7-6-15-37-23)21-10-13-24(25(17-21)35-4)38-16-14-19(2)3/h8-13,17,19,23,27,32H,5-7,14-16,18H2,1-4H3/t23-,27+/m0/s1. The third kappa shape index (κ3) is 5.96. The van der Waals surface area contributed by atoms with Crippen LogP contribution in [0.25, 0.3) is 5.76 Å². The zero-order valence-corrected chi connectivity index (χ0v) is 22.6. The molecule has 2 fully saturated rings. The Morgan fingerprint density at radius 1 is 1.11 bits per heavy atom. The van der Waals surface area contributed by atoms with Crippen molar-refractivity contribution in [3.63, 3.8) is 0 Å². The van der Waals surface area contributed by atoms with Gasteiger partial charge in [0.2, 0.25) is 0 Å². The fourth-order valence-electron chi connectivity index (χ4n) is 4.83. The summed E-state index contributed by atoms with van der Waals surface area (Å²) in [7, 11) is 1.55. The van der Waals surface area contributed by atoms with E-state index in [1.165, 1.54) is 4.90 Å². The number of hydrogen-bond donors (Lipinski definition) is 1. The Labute approximate surface area is 224 Å². The van der Waals surface area contributed by atoms with Gasteiger partial charge in [-0.15, -0.1) is 0 Å². The third-order valence-electron chi connectivity index (χ3n) is 6.86. The molecular formula is C30H37NO7. The third-order valence-corrected chi connectivity index (χ3v) is 6.86. The fourth-order valence-corrected chi connectivity index (χ4v) is 4.83. The summed E-state index contributed by atoms with van der Waals surface area (Å²) in [6.45, 7) is 8.09. The lowest BCUT2D eigenvalue weighted by molar-refractivity contribution is -0.140. The highest BCUT2D eigenvalue weighted by Gasteiger charge is 2.47. The van der Waals surface area contributed by atoms with Crippen LogP contribution in [0.1, 0.15) is 57.2 Å². The number of methoxy groups -OCH3 is 1. The number of amides is 1. The van der Waals surface area contributed by atoms with Crippen LogP contribution in [0, 0.1) is 5.92 Å². The molecule has 204 valence electrons. The molecule has 0 radical (unpaired) electrons. The molecule has 8 heteroatoms. The molecule has 2 saturated heterocycles. The number of rotatable bonds is 11. The molecule has 2 aromatic rings. The average molecular weight is 524 g/mol. The summed E-state index contributed by atoms with van der Waals surface area (Å²) in [4.78, 5) is 28.1. The Kier molecular flexibility index (Phi) is 8.94. The summed E-state index contributed by atoms with van der Waals surface area (Å²) in [5, 5.41) is 11.3. The number of aliphatic hydroxyl groups is 1. The van der Waals surface area contributed by atoms with Gasteiger partial charge in [0.15, 0.2) is 11.5 Å². The van der Waals surface area contributed by atoms with Gasteiger partial charge in [-0.3, -0.25) is 9.59 Å². The maximum atomic E-state index is 13.4. The number of aliphatic hydroxyl groups excluding tert-OH is 1. The van der Waals surface area contributed by atoms with Crippen LogP contribution in [-0.2, 0) is 14.3 Å². The summed E-state index contributed by atoms with van der Waals surface area (Å²) in [6.07, 6.45) is 2.44. The summed E-state index contributed by atoms with van der Waals surface area (Å²) < 4.78 is 22.8. The van der Waals surface area contributed by atoms with Crippen LogP contribution in [0.2, 0.25) is 0 Å². The molecule has 8 nitrogen and oxygen atoms in total. The van der Waals surface area contributed by atoms with E-state index in [1.807, 2.05) is 13.0 Å². The summed E-state index contributed by atoms with van der Waals surface area (Å²) in [5.41, 5.74) is 1.10. The average Bonchev–Trinajstić information content (AvgIpc) is 3.51. The minimum atomic E-state index is -0.801. The van der Waals surface area contributed by atoms with Crippen molar-refractivity contribution in [2.45, 2.75) is 52.2 Å². The van der Waals surface area contributed by atoms with Gasteiger partial charge >= 0.3 is 0 Å². The van der Waals surface area contributed by atoms with Crippen molar-refractivity contribution >= 4 is 17.4 Å². The van der Waals surface area contributed by atoms with Crippen LogP contribution < -0.4 is 14.2 Å². The Hall–Kier alpha value is -3.52. The van der Waals surface area contributed by atoms with E-state index in [2.05, 4.69) is 13.8 Å². The number of carbonyl (C=O) groups is 2. The van der Waals surface area contributed by atoms with Crippen molar-refractivity contribution in [3.8, 4) is 17.2 Å². The van der Waals surface area contributed by atoms with Crippen LogP contribution in [0.4, 0.5) is 0 Å². The van der Waals surface area contributed by atoms with Gasteiger partial charge in [-0.1, -0.05) is 19.9 Å². The predicted molar refractivity (Wildman–Crippen MR) is 144 cm³/mol. The quantitative estimate of drug-likeness (QED) is 0.248. The zero-order chi connectivity index (χ0) is 27.2. The van der Waals surface area contributed by atoms with Crippen LogP contribution in [0.3, 0.4) is 0 Å². The fraction of sp³-hybridized carbons (Fsp3) is 0.467. The highest BCUT2D eigenvalue weighted by atomic mass is 16.5. The highest BCUT2D eigenvalue weighted by Crippen LogP contribution is 2.42. The van der Waals surface area contributed by atoms with Crippen molar-refractivity contribution in [2.24, 2.45) is 5.92 Å². The second kappa shape index (κ2) is 12.3. The van der Waals surface area contributed by atoms with Crippen molar-refractivity contribution in [1.29, 1.82) is 0 Å². The van der Waals surface area contributed by atoms with E-state index in [-0.39, 0.29) is 24.0 Å². The number of Topliss-reactive ketones (excluding diaryl/α,β-unsaturated/α-hetero) is 1. The molecule has 0 saturated carbocycles. The van der Waals surface area contributed by atoms with Crippen molar-refractivity contribution in [2.75, 3.05) is 33.5 Å². The Balaban J connectivity index is 1.75. The first-order valence-electron chi connectivity index (χ1n) is 13.3. The van der Waals surface area contributed by atoms with Gasteiger partial charge in [0.1, 0.15) is 11.5 Å². The van der Waals surface area contributed by atoms with Gasteiger partial charge in [0, 0.05) is 18.7 Å². The normalized spacial score (nSPS) is 20.8. The molecular weight excluding hydrogens is 486 g/mol. The smallest absolute Gasteiger partial charge is 0.295 e. The topological polar surface area (TPSA) is 94.5 Å². The number of benzene rings is 2. The molecule has 1 N–H and O–H groups in total. The minimum Gasteiger partial charge on any atom is -0.507 e. The zero-order valence-electron chi connectivity index (χ0n) is 22.6. The van der Waals surface area contributed by atoms with Crippen LogP contribution in [-0.4, -0.2) is 61.3 Å². The predicted octanol–water partition coefficient (Wildman–Crippen LogP) is 5.12. The lowest BCUT2D eigenvalue weighted by Gasteiger charge is -2.28. The highest BCUT2D eigenvalue weighted by molar-refractivity contribution is 6.46. The van der Waals surface area contributed by atoms with Gasteiger partial charge in [-0.05, 0) is 74.1 Å². The Morgan fingerprint density at radius 3 is 2.50 bits per heavy atom. The first kappa shape index (κ1) is 27.5. The lowest BCUT2D eigenvalue weighted by Crippen LogP contribution is -2.36. The molecule has 0 aromatic heterocycles. The molecule has 2 heterocycles. The van der Waals surface area contributed by atoms with E-state index in [4.69, 9.17) is 18.9 Å². The molecule has 4 rings (SSSR count). The number of likely N-dealkylation sites (tertiary alicyclic amines) is 1. The Morgan fingerprint density at radius 2 is 1.87 bits per heavy atom. The van der Waals surface area contributed by atoms with E-state index in [0.717, 1.165) is 19.3 Å². The first-order valence-corrected chi connectivity index (χ1v) is 13.3. The van der Waals surface area contributed by atoms with Gasteiger partial charge < -0.3 is 29.0 Å². The molecule has 2 aliphatic heterocycles. The molecule has 2 aliphatic rings. The molecule has 0 unspecified atom stereocenters. The SMILES string of the molecule is CCOc1ccc(C(O)=C2C(=O)C(=O)N(C[C@@H]3CCCO3)[C@@H]2c2ccc(OCCC(C)C)c(OC)c2)cc1. The molecule has 0 spiro atoms. The monoisotopic (exact) mass is 523 g/mol. The maximum Gasteiger partial charge on any atom is 0.295 e. The number of ether oxygens (including phenoxy) is 4. The maximum absolute atomic E-state index is 13.4.